The quantitative estimate of drug-likeness (QED) is 0.393. The Morgan fingerprint density at radius 3 is 1.50 bits per heavy atom. The Kier molecular flexibility index (Phi) is 8.19. The van der Waals surface area contributed by atoms with Crippen LogP contribution in [0.2, 0.25) is 31.7 Å². The van der Waals surface area contributed by atoms with Crippen molar-refractivity contribution in [1.82, 2.24) is 14.7 Å². The zero-order valence-electron chi connectivity index (χ0n) is 21.4. The van der Waals surface area contributed by atoms with Gasteiger partial charge in [0, 0.05) is 30.8 Å². The third kappa shape index (κ3) is 6.07. The molecule has 0 saturated carbocycles. The van der Waals surface area contributed by atoms with E-state index in [4.69, 9.17) is 4.43 Å². The molecule has 0 unspecified atom stereocenters. The summed E-state index contributed by atoms with van der Waals surface area (Å²) in [5.74, 6) is 1.19. The maximum atomic E-state index is 7.38. The first-order chi connectivity index (χ1) is 13.7. The minimum absolute atomic E-state index is 0.915. The third-order valence-corrected chi connectivity index (χ3v) is 21.4. The molecule has 0 radical (unpaired) electrons. The highest BCUT2D eigenvalue weighted by Crippen LogP contribution is 2.44. The molecule has 0 fully saturated rings. The number of benzene rings is 1. The smallest absolute Gasteiger partial charge is 0.242 e. The van der Waals surface area contributed by atoms with Crippen LogP contribution < -0.4 is 4.43 Å². The molecule has 6 heteroatoms. The summed E-state index contributed by atoms with van der Waals surface area (Å²) >= 11 is 0. The Bertz CT molecular complexity index is 734. The van der Waals surface area contributed by atoms with Gasteiger partial charge in [0.2, 0.25) is 7.83 Å². The standard InChI is InChI=1S/C24H45N3OSi2/c1-19-17-30(18-20(19)2,29(9,10)11)28-24-22(15-26(5)6)12-21(14-25(3)4)13-23(24)16-27(7)8/h12-13H,14-18H2,1-11H3. The van der Waals surface area contributed by atoms with Crippen molar-refractivity contribution in [3.05, 3.63) is 40.0 Å². The molecule has 0 aliphatic carbocycles. The van der Waals surface area contributed by atoms with Crippen LogP contribution in [0.4, 0.5) is 0 Å². The molecule has 1 aliphatic heterocycles. The minimum Gasteiger partial charge on any atom is -0.545 e. The van der Waals surface area contributed by atoms with Gasteiger partial charge < -0.3 is 19.1 Å². The first-order valence-electron chi connectivity index (χ1n) is 11.2. The number of hydrogen-bond donors (Lipinski definition) is 0. The van der Waals surface area contributed by atoms with Crippen LogP contribution in [0.15, 0.2) is 23.3 Å². The summed E-state index contributed by atoms with van der Waals surface area (Å²) < 4.78 is 7.38. The Hall–Kier alpha value is -0.926. The van der Waals surface area contributed by atoms with Crippen molar-refractivity contribution >= 4 is 15.4 Å². The molecule has 0 amide bonds. The summed E-state index contributed by atoms with van der Waals surface area (Å²) in [6.07, 6.45) is 0. The van der Waals surface area contributed by atoms with Crippen LogP contribution in [-0.2, 0) is 19.6 Å². The summed E-state index contributed by atoms with van der Waals surface area (Å²) in [7, 11) is 9.55. The SMILES string of the molecule is CC1=C(C)C[Si](Oc2c(CN(C)C)cc(CN(C)C)cc2CN(C)C)([Si](C)(C)C)C1. The van der Waals surface area contributed by atoms with Gasteiger partial charge in [-0.1, -0.05) is 30.8 Å². The molecule has 0 bridgehead atoms. The second-order valence-electron chi connectivity index (χ2n) is 11.2. The summed E-state index contributed by atoms with van der Waals surface area (Å²) in [6, 6.07) is 7.19. The van der Waals surface area contributed by atoms with Gasteiger partial charge in [-0.3, -0.25) is 0 Å². The van der Waals surface area contributed by atoms with Crippen molar-refractivity contribution in [2.45, 2.75) is 65.2 Å². The van der Waals surface area contributed by atoms with Crippen LogP contribution >= 0.6 is 0 Å². The van der Waals surface area contributed by atoms with Crippen LogP contribution in [0, 0.1) is 0 Å². The van der Waals surface area contributed by atoms with Gasteiger partial charge in [0.15, 0.2) is 0 Å². The molecular weight excluding hydrogens is 402 g/mol. The highest BCUT2D eigenvalue weighted by Gasteiger charge is 2.53. The number of rotatable bonds is 9. The second-order valence-corrected chi connectivity index (χ2v) is 25.9. The lowest BCUT2D eigenvalue weighted by molar-refractivity contribution is 0.377. The van der Waals surface area contributed by atoms with E-state index in [2.05, 4.69) is 103 Å². The lowest BCUT2D eigenvalue weighted by Crippen LogP contribution is -2.60. The lowest BCUT2D eigenvalue weighted by atomic mass is 10.0. The average Bonchev–Trinajstić information content (AvgIpc) is 2.84. The van der Waals surface area contributed by atoms with E-state index in [-0.39, 0.29) is 0 Å². The van der Waals surface area contributed by atoms with Crippen LogP contribution in [0.1, 0.15) is 30.5 Å². The van der Waals surface area contributed by atoms with Crippen molar-refractivity contribution in [1.29, 1.82) is 0 Å². The molecule has 170 valence electrons. The van der Waals surface area contributed by atoms with E-state index in [0.29, 0.717) is 0 Å². The Morgan fingerprint density at radius 2 is 1.17 bits per heavy atom. The molecule has 0 spiro atoms. The fourth-order valence-electron chi connectivity index (χ4n) is 4.50. The number of nitrogens with zero attached hydrogens (tertiary/aromatic N) is 3. The molecule has 0 N–H and O–H groups in total. The van der Waals surface area contributed by atoms with Crippen LogP contribution in [0.25, 0.3) is 0 Å². The normalized spacial score (nSPS) is 17.0. The molecule has 2 rings (SSSR count). The van der Waals surface area contributed by atoms with Gasteiger partial charge in [0.25, 0.3) is 0 Å². The van der Waals surface area contributed by atoms with Gasteiger partial charge in [-0.2, -0.15) is 0 Å². The predicted molar refractivity (Wildman–Crippen MR) is 136 cm³/mol. The summed E-state index contributed by atoms with van der Waals surface area (Å²) in [5.41, 5.74) is 7.24. The predicted octanol–water partition coefficient (Wildman–Crippen LogP) is 4.96. The van der Waals surface area contributed by atoms with Gasteiger partial charge in [0.05, 0.1) is 7.59 Å². The van der Waals surface area contributed by atoms with Gasteiger partial charge in [-0.05, 0) is 85.9 Å². The van der Waals surface area contributed by atoms with Gasteiger partial charge >= 0.3 is 0 Å². The summed E-state index contributed by atoms with van der Waals surface area (Å²) in [6.45, 7) is 15.0. The zero-order chi connectivity index (χ0) is 22.9. The fourth-order valence-corrected chi connectivity index (χ4v) is 15.1. The Balaban J connectivity index is 2.62. The second kappa shape index (κ2) is 9.69. The molecule has 0 atom stereocenters. The maximum Gasteiger partial charge on any atom is 0.242 e. The van der Waals surface area contributed by atoms with Crippen LogP contribution in [0.5, 0.6) is 5.75 Å². The van der Waals surface area contributed by atoms with E-state index in [0.717, 1.165) is 19.6 Å². The van der Waals surface area contributed by atoms with E-state index < -0.39 is 15.4 Å². The summed E-state index contributed by atoms with van der Waals surface area (Å²) in [5, 5.41) is 0. The van der Waals surface area contributed by atoms with Crippen molar-refractivity contribution in [3.63, 3.8) is 0 Å². The average molecular weight is 448 g/mol. The van der Waals surface area contributed by atoms with E-state index in [9.17, 15) is 0 Å². The zero-order valence-corrected chi connectivity index (χ0v) is 23.4. The van der Waals surface area contributed by atoms with E-state index in [1.54, 1.807) is 11.1 Å². The molecule has 1 aromatic rings. The number of hydrogen-bond acceptors (Lipinski definition) is 4. The Morgan fingerprint density at radius 1 is 0.767 bits per heavy atom. The molecule has 0 aromatic heterocycles. The van der Waals surface area contributed by atoms with Crippen molar-refractivity contribution in [2.75, 3.05) is 42.3 Å². The Labute approximate surface area is 187 Å². The third-order valence-electron chi connectivity index (χ3n) is 6.27. The molecular formula is C24H45N3OSi2. The molecule has 1 heterocycles. The summed E-state index contributed by atoms with van der Waals surface area (Å²) in [4.78, 5) is 6.79. The molecule has 1 aliphatic rings. The molecule has 4 nitrogen and oxygen atoms in total. The maximum absolute atomic E-state index is 7.38. The van der Waals surface area contributed by atoms with Crippen molar-refractivity contribution in [3.8, 4) is 5.75 Å². The van der Waals surface area contributed by atoms with Gasteiger partial charge in [-0.15, -0.1) is 0 Å². The van der Waals surface area contributed by atoms with Crippen LogP contribution in [-0.4, -0.2) is 72.4 Å². The first kappa shape index (κ1) is 25.3. The monoisotopic (exact) mass is 447 g/mol. The highest BCUT2D eigenvalue weighted by molar-refractivity contribution is 7.39. The van der Waals surface area contributed by atoms with E-state index in [1.165, 1.54) is 34.5 Å². The van der Waals surface area contributed by atoms with E-state index >= 15 is 0 Å². The lowest BCUT2D eigenvalue weighted by Gasteiger charge is -2.40. The fraction of sp³-hybridized carbons (Fsp3) is 0.667. The highest BCUT2D eigenvalue weighted by atomic mass is 29.3. The van der Waals surface area contributed by atoms with Crippen LogP contribution in [0.3, 0.4) is 0 Å². The molecule has 1 aromatic carbocycles. The van der Waals surface area contributed by atoms with Crippen molar-refractivity contribution < 1.29 is 4.43 Å². The molecule has 0 saturated heterocycles. The van der Waals surface area contributed by atoms with Gasteiger partial charge in [0.1, 0.15) is 5.75 Å². The number of allylic oxidation sites excluding steroid dienone is 2. The minimum atomic E-state index is -1.90. The molecule has 30 heavy (non-hydrogen) atoms. The van der Waals surface area contributed by atoms with Crippen molar-refractivity contribution in [2.24, 2.45) is 0 Å². The first-order valence-corrected chi connectivity index (χ1v) is 18.0. The van der Waals surface area contributed by atoms with E-state index in [1.807, 2.05) is 0 Å². The topological polar surface area (TPSA) is 19.0 Å². The largest absolute Gasteiger partial charge is 0.545 e. The van der Waals surface area contributed by atoms with Gasteiger partial charge in [-0.25, -0.2) is 0 Å².